The van der Waals surface area contributed by atoms with Crippen molar-refractivity contribution in [2.75, 3.05) is 25.1 Å². The van der Waals surface area contributed by atoms with E-state index < -0.39 is 0 Å². The lowest BCUT2D eigenvalue weighted by atomic mass is 10.1. The van der Waals surface area contributed by atoms with Crippen molar-refractivity contribution >= 4 is 17.1 Å². The van der Waals surface area contributed by atoms with Crippen LogP contribution in [0, 0.1) is 19.3 Å². The van der Waals surface area contributed by atoms with Crippen molar-refractivity contribution in [2.45, 2.75) is 6.92 Å². The Kier molecular flexibility index (Phi) is 5.29. The molecule has 0 saturated heterocycles. The summed E-state index contributed by atoms with van der Waals surface area (Å²) in [5.74, 6) is 2.63. The minimum atomic E-state index is 0.130. The van der Waals surface area contributed by atoms with Crippen molar-refractivity contribution in [3.05, 3.63) is 53.6 Å². The maximum atomic E-state index is 8.94. The highest BCUT2D eigenvalue weighted by Crippen LogP contribution is 2.23. The summed E-state index contributed by atoms with van der Waals surface area (Å²) in [6.07, 6.45) is 5.40. The van der Waals surface area contributed by atoms with Gasteiger partial charge in [0.2, 0.25) is 0 Å². The molecule has 0 aromatic heterocycles. The summed E-state index contributed by atoms with van der Waals surface area (Å²) in [4.78, 5) is 1.98. The van der Waals surface area contributed by atoms with E-state index in [0.29, 0.717) is 6.54 Å². The fraction of sp³-hybridized carbons (Fsp3) is 0.222. The third kappa shape index (κ3) is 3.94. The van der Waals surface area contributed by atoms with Gasteiger partial charge in [0, 0.05) is 24.8 Å². The number of aryl methyl sites for hydroxylation is 1. The molecule has 22 heavy (non-hydrogen) atoms. The summed E-state index contributed by atoms with van der Waals surface area (Å²) in [5, 5.41) is 17.4. The van der Waals surface area contributed by atoms with Gasteiger partial charge in [-0.3, -0.25) is 0 Å². The van der Waals surface area contributed by atoms with Gasteiger partial charge in [-0.2, -0.15) is 10.2 Å². The highest BCUT2D eigenvalue weighted by atomic mass is 16.3. The maximum Gasteiger partial charge on any atom is 0.0860 e. The quantitative estimate of drug-likeness (QED) is 0.673. The first-order valence-electron chi connectivity index (χ1n) is 7.05. The molecule has 0 fully saturated rings. The lowest BCUT2D eigenvalue weighted by molar-refractivity contribution is 0.304. The van der Waals surface area contributed by atoms with Crippen LogP contribution in [0.25, 0.3) is 0 Å². The van der Waals surface area contributed by atoms with Gasteiger partial charge < -0.3 is 10.0 Å². The number of terminal acetylenes is 1. The summed E-state index contributed by atoms with van der Waals surface area (Å²) in [5.41, 5.74) is 4.47. The van der Waals surface area contributed by atoms with Gasteiger partial charge in [-0.05, 0) is 55.0 Å². The van der Waals surface area contributed by atoms with E-state index >= 15 is 0 Å². The van der Waals surface area contributed by atoms with Gasteiger partial charge in [0.05, 0.1) is 18.0 Å². The molecule has 0 aliphatic carbocycles. The molecule has 0 aliphatic heterocycles. The summed E-state index contributed by atoms with van der Waals surface area (Å²) in [7, 11) is 1.93. The van der Waals surface area contributed by atoms with E-state index in [1.807, 2.05) is 61.3 Å². The molecular weight excluding hydrogens is 274 g/mol. The lowest BCUT2D eigenvalue weighted by Gasteiger charge is -2.17. The minimum Gasteiger partial charge on any atom is -0.395 e. The van der Waals surface area contributed by atoms with E-state index in [1.165, 1.54) is 0 Å². The van der Waals surface area contributed by atoms with E-state index in [-0.39, 0.29) is 6.61 Å². The van der Waals surface area contributed by atoms with E-state index in [4.69, 9.17) is 11.5 Å². The standard InChI is InChI=1S/C18H19N3O/c1-4-15-5-6-17(13-14(15)2)20-19-16-7-9-18(10-8-16)21(3)11-12-22/h1,5-10,13,22H,11-12H2,2-3H3. The number of benzene rings is 2. The zero-order valence-corrected chi connectivity index (χ0v) is 12.8. The molecule has 0 bridgehead atoms. The predicted molar refractivity (Wildman–Crippen MR) is 90.1 cm³/mol. The van der Waals surface area contributed by atoms with E-state index in [1.54, 1.807) is 0 Å². The van der Waals surface area contributed by atoms with Gasteiger partial charge in [0.15, 0.2) is 0 Å². The zero-order valence-electron chi connectivity index (χ0n) is 12.8. The fourth-order valence-corrected chi connectivity index (χ4v) is 2.04. The third-order valence-electron chi connectivity index (χ3n) is 3.37. The lowest BCUT2D eigenvalue weighted by Crippen LogP contribution is -2.20. The molecule has 1 N–H and O–H groups in total. The number of likely N-dealkylation sites (N-methyl/N-ethyl adjacent to an activating group) is 1. The molecule has 4 heteroatoms. The van der Waals surface area contributed by atoms with Crippen LogP contribution in [0.2, 0.25) is 0 Å². The normalized spacial score (nSPS) is 10.6. The molecule has 0 aliphatic rings. The molecule has 0 amide bonds. The SMILES string of the molecule is C#Cc1ccc(N=Nc2ccc(N(C)CCO)cc2)cc1C. The van der Waals surface area contributed by atoms with Crippen molar-refractivity contribution in [1.82, 2.24) is 0 Å². The van der Waals surface area contributed by atoms with Crippen LogP contribution in [0.15, 0.2) is 52.7 Å². The van der Waals surface area contributed by atoms with Gasteiger partial charge in [0.1, 0.15) is 0 Å². The molecule has 0 heterocycles. The number of hydrogen-bond donors (Lipinski definition) is 1. The second-order valence-corrected chi connectivity index (χ2v) is 5.01. The molecular formula is C18H19N3O. The largest absolute Gasteiger partial charge is 0.395 e. The first-order valence-corrected chi connectivity index (χ1v) is 7.05. The Labute approximate surface area is 131 Å². The first-order chi connectivity index (χ1) is 10.6. The second kappa shape index (κ2) is 7.39. The number of nitrogens with zero attached hydrogens (tertiary/aromatic N) is 3. The molecule has 2 aromatic rings. The molecule has 112 valence electrons. The molecule has 0 spiro atoms. The Bertz CT molecular complexity index is 699. The molecule has 0 saturated carbocycles. The first kappa shape index (κ1) is 15.7. The van der Waals surface area contributed by atoms with Crippen LogP contribution in [-0.2, 0) is 0 Å². The molecule has 0 radical (unpaired) electrons. The number of azo groups is 1. The number of rotatable bonds is 5. The minimum absolute atomic E-state index is 0.130. The van der Waals surface area contributed by atoms with Crippen LogP contribution in [0.1, 0.15) is 11.1 Å². The second-order valence-electron chi connectivity index (χ2n) is 5.01. The highest BCUT2D eigenvalue weighted by molar-refractivity contribution is 5.53. The molecule has 0 unspecified atom stereocenters. The van der Waals surface area contributed by atoms with Crippen LogP contribution < -0.4 is 4.90 Å². The Morgan fingerprint density at radius 3 is 2.32 bits per heavy atom. The van der Waals surface area contributed by atoms with Crippen LogP contribution >= 0.6 is 0 Å². The summed E-state index contributed by atoms with van der Waals surface area (Å²) in [6.45, 7) is 2.69. The smallest absolute Gasteiger partial charge is 0.0860 e. The topological polar surface area (TPSA) is 48.2 Å². The third-order valence-corrected chi connectivity index (χ3v) is 3.37. The van der Waals surface area contributed by atoms with Gasteiger partial charge in [-0.15, -0.1) is 6.42 Å². The molecule has 2 aromatic carbocycles. The van der Waals surface area contributed by atoms with E-state index in [9.17, 15) is 0 Å². The van der Waals surface area contributed by atoms with Gasteiger partial charge in [-0.25, -0.2) is 0 Å². The van der Waals surface area contributed by atoms with Crippen LogP contribution in [-0.4, -0.2) is 25.3 Å². The number of aliphatic hydroxyl groups is 1. The van der Waals surface area contributed by atoms with Crippen molar-refractivity contribution in [2.24, 2.45) is 10.2 Å². The number of hydrogen-bond acceptors (Lipinski definition) is 4. The van der Waals surface area contributed by atoms with Crippen molar-refractivity contribution < 1.29 is 5.11 Å². The van der Waals surface area contributed by atoms with E-state index in [0.717, 1.165) is 28.2 Å². The van der Waals surface area contributed by atoms with E-state index in [2.05, 4.69) is 16.1 Å². The summed E-state index contributed by atoms with van der Waals surface area (Å²) < 4.78 is 0. The Morgan fingerprint density at radius 2 is 1.73 bits per heavy atom. The highest BCUT2D eigenvalue weighted by Gasteiger charge is 2.00. The van der Waals surface area contributed by atoms with Crippen LogP contribution in [0.5, 0.6) is 0 Å². The molecule has 0 atom stereocenters. The van der Waals surface area contributed by atoms with Crippen molar-refractivity contribution in [3.8, 4) is 12.3 Å². The summed E-state index contributed by atoms with van der Waals surface area (Å²) in [6, 6.07) is 13.4. The van der Waals surface area contributed by atoms with Crippen molar-refractivity contribution in [1.29, 1.82) is 0 Å². The zero-order chi connectivity index (χ0) is 15.9. The Morgan fingerprint density at radius 1 is 1.09 bits per heavy atom. The predicted octanol–water partition coefficient (Wildman–Crippen LogP) is 3.82. The van der Waals surface area contributed by atoms with Crippen LogP contribution in [0.3, 0.4) is 0 Å². The molecule has 4 nitrogen and oxygen atoms in total. The average Bonchev–Trinajstić information content (AvgIpc) is 2.54. The van der Waals surface area contributed by atoms with Crippen LogP contribution in [0.4, 0.5) is 17.1 Å². The molecule has 2 rings (SSSR count). The maximum absolute atomic E-state index is 8.94. The monoisotopic (exact) mass is 293 g/mol. The van der Waals surface area contributed by atoms with Gasteiger partial charge in [0.25, 0.3) is 0 Å². The van der Waals surface area contributed by atoms with Gasteiger partial charge >= 0.3 is 0 Å². The average molecular weight is 293 g/mol. The number of anilines is 1. The Balaban J connectivity index is 2.10. The van der Waals surface area contributed by atoms with Gasteiger partial charge in [-0.1, -0.05) is 5.92 Å². The fourth-order valence-electron chi connectivity index (χ4n) is 2.04. The Hall–Kier alpha value is -2.64. The summed E-state index contributed by atoms with van der Waals surface area (Å²) >= 11 is 0. The van der Waals surface area contributed by atoms with Crippen molar-refractivity contribution in [3.63, 3.8) is 0 Å². The number of aliphatic hydroxyl groups excluding tert-OH is 1.